The van der Waals surface area contributed by atoms with Gasteiger partial charge in [0.25, 0.3) is 0 Å². The van der Waals surface area contributed by atoms with E-state index in [0.29, 0.717) is 38.7 Å². The van der Waals surface area contributed by atoms with E-state index >= 15 is 0 Å². The molecular weight excluding hydrogens is 356 g/mol. The van der Waals surface area contributed by atoms with E-state index in [1.54, 1.807) is 6.07 Å². The minimum Gasteiger partial charge on any atom is -0.504 e. The lowest BCUT2D eigenvalue weighted by atomic mass is 10.0. The maximum absolute atomic E-state index is 10.1. The molecule has 2 heterocycles. The highest BCUT2D eigenvalue weighted by Gasteiger charge is 2.21. The van der Waals surface area contributed by atoms with Crippen LogP contribution in [0.1, 0.15) is 6.92 Å². The second kappa shape index (κ2) is 8.46. The molecule has 0 unspecified atom stereocenters. The molecular formula is C22H24N2O4. The summed E-state index contributed by atoms with van der Waals surface area (Å²) in [5.41, 5.74) is 3.80. The number of aromatic hydroxyl groups is 1. The van der Waals surface area contributed by atoms with Crippen LogP contribution in [0.5, 0.6) is 11.5 Å². The maximum atomic E-state index is 10.1. The largest absolute Gasteiger partial charge is 0.504 e. The molecule has 0 aliphatic carbocycles. The average molecular weight is 380 g/mol. The van der Waals surface area contributed by atoms with E-state index in [4.69, 9.17) is 14.2 Å². The molecule has 1 aliphatic heterocycles. The number of nitrogens with zero attached hydrogens (tertiary/aromatic N) is 2. The monoisotopic (exact) mass is 380 g/mol. The lowest BCUT2D eigenvalue weighted by Crippen LogP contribution is -2.32. The normalized spacial score (nSPS) is 16.8. The van der Waals surface area contributed by atoms with Crippen LogP contribution in [0.4, 0.5) is 0 Å². The number of imidazole rings is 1. The average Bonchev–Trinajstić information content (AvgIpc) is 3.15. The van der Waals surface area contributed by atoms with Crippen molar-refractivity contribution in [3.8, 4) is 34.0 Å². The van der Waals surface area contributed by atoms with E-state index in [1.165, 1.54) is 0 Å². The highest BCUT2D eigenvalue weighted by Crippen LogP contribution is 2.36. The third kappa shape index (κ3) is 3.88. The van der Waals surface area contributed by atoms with E-state index < -0.39 is 0 Å². The predicted molar refractivity (Wildman–Crippen MR) is 106 cm³/mol. The van der Waals surface area contributed by atoms with Crippen molar-refractivity contribution >= 4 is 0 Å². The van der Waals surface area contributed by atoms with Gasteiger partial charge in [-0.2, -0.15) is 0 Å². The lowest BCUT2D eigenvalue weighted by Gasteiger charge is -2.24. The summed E-state index contributed by atoms with van der Waals surface area (Å²) in [4.78, 5) is 4.69. The third-order valence-electron chi connectivity index (χ3n) is 4.70. The Labute approximate surface area is 164 Å². The summed E-state index contributed by atoms with van der Waals surface area (Å²) in [5.74, 6) is 0.589. The Morgan fingerprint density at radius 1 is 1.14 bits per heavy atom. The van der Waals surface area contributed by atoms with Gasteiger partial charge in [0.05, 0.1) is 56.8 Å². The van der Waals surface area contributed by atoms with Crippen molar-refractivity contribution in [3.05, 3.63) is 54.9 Å². The lowest BCUT2D eigenvalue weighted by molar-refractivity contribution is -0.0934. The Balaban J connectivity index is 1.78. The number of phenolic OH excluding ortho intramolecular Hbond substituents is 1. The number of aromatic nitrogens is 2. The zero-order valence-corrected chi connectivity index (χ0v) is 15.9. The van der Waals surface area contributed by atoms with E-state index in [-0.39, 0.29) is 11.9 Å². The SMILES string of the molecule is CCOc1cc(-c2c(-c3ccccc3)ncn2C[C@@H]2COCCO2)ccc1O. The van der Waals surface area contributed by atoms with Crippen LogP contribution in [0, 0.1) is 0 Å². The van der Waals surface area contributed by atoms with Crippen LogP contribution >= 0.6 is 0 Å². The Morgan fingerprint density at radius 2 is 2.00 bits per heavy atom. The zero-order chi connectivity index (χ0) is 19.3. The van der Waals surface area contributed by atoms with E-state index in [9.17, 15) is 5.11 Å². The number of hydrogen-bond acceptors (Lipinski definition) is 5. The van der Waals surface area contributed by atoms with Gasteiger partial charge < -0.3 is 23.9 Å². The van der Waals surface area contributed by atoms with Crippen LogP contribution in [-0.2, 0) is 16.0 Å². The standard InChI is InChI=1S/C22H24N2O4/c1-2-27-20-12-17(8-9-19(20)25)22-21(16-6-4-3-5-7-16)23-15-24(22)13-18-14-26-10-11-28-18/h3-9,12,15,18,25H,2,10-11,13-14H2,1H3/t18-/m1/s1. The van der Waals surface area contributed by atoms with Crippen LogP contribution in [0.25, 0.3) is 22.5 Å². The Hall–Kier alpha value is -2.83. The van der Waals surface area contributed by atoms with Crippen molar-refractivity contribution in [2.45, 2.75) is 19.6 Å². The topological polar surface area (TPSA) is 65.7 Å². The first-order valence-electron chi connectivity index (χ1n) is 9.52. The van der Waals surface area contributed by atoms with E-state index in [2.05, 4.69) is 9.55 Å². The molecule has 4 rings (SSSR count). The van der Waals surface area contributed by atoms with Crippen LogP contribution in [0.3, 0.4) is 0 Å². The van der Waals surface area contributed by atoms with Crippen molar-refractivity contribution < 1.29 is 19.3 Å². The van der Waals surface area contributed by atoms with Crippen LogP contribution in [0.15, 0.2) is 54.9 Å². The molecule has 0 saturated carbocycles. The molecule has 3 aromatic rings. The highest BCUT2D eigenvalue weighted by atomic mass is 16.6. The predicted octanol–water partition coefficient (Wildman–Crippen LogP) is 3.74. The van der Waals surface area contributed by atoms with Crippen LogP contribution in [0.2, 0.25) is 0 Å². The van der Waals surface area contributed by atoms with Crippen molar-refractivity contribution in [2.24, 2.45) is 0 Å². The minimum absolute atomic E-state index is 0.0196. The van der Waals surface area contributed by atoms with Gasteiger partial charge in [-0.3, -0.25) is 0 Å². The van der Waals surface area contributed by atoms with Crippen LogP contribution in [-0.4, -0.2) is 47.2 Å². The summed E-state index contributed by atoms with van der Waals surface area (Å²) in [5, 5.41) is 10.1. The summed E-state index contributed by atoms with van der Waals surface area (Å²) in [6, 6.07) is 15.5. The van der Waals surface area contributed by atoms with Crippen molar-refractivity contribution in [3.63, 3.8) is 0 Å². The van der Waals surface area contributed by atoms with Gasteiger partial charge >= 0.3 is 0 Å². The molecule has 2 aromatic carbocycles. The third-order valence-corrected chi connectivity index (χ3v) is 4.70. The van der Waals surface area contributed by atoms with Crippen molar-refractivity contribution in [1.82, 2.24) is 9.55 Å². The molecule has 146 valence electrons. The van der Waals surface area contributed by atoms with Gasteiger partial charge in [0.2, 0.25) is 0 Å². The molecule has 0 radical (unpaired) electrons. The number of rotatable bonds is 6. The first-order valence-corrected chi connectivity index (χ1v) is 9.52. The van der Waals surface area contributed by atoms with Gasteiger partial charge in [-0.25, -0.2) is 4.98 Å². The molecule has 0 bridgehead atoms. The van der Waals surface area contributed by atoms with Gasteiger partial charge in [0.1, 0.15) is 0 Å². The van der Waals surface area contributed by atoms with Crippen molar-refractivity contribution in [1.29, 1.82) is 0 Å². The Morgan fingerprint density at radius 3 is 2.75 bits per heavy atom. The molecule has 1 fully saturated rings. The molecule has 0 amide bonds. The molecule has 1 N–H and O–H groups in total. The van der Waals surface area contributed by atoms with Gasteiger partial charge in [0.15, 0.2) is 11.5 Å². The highest BCUT2D eigenvalue weighted by molar-refractivity contribution is 5.79. The molecule has 6 heteroatoms. The second-order valence-corrected chi connectivity index (χ2v) is 6.64. The van der Waals surface area contributed by atoms with Crippen LogP contribution < -0.4 is 4.74 Å². The number of phenols is 1. The van der Waals surface area contributed by atoms with Gasteiger partial charge in [-0.1, -0.05) is 30.3 Å². The fourth-order valence-corrected chi connectivity index (χ4v) is 3.42. The molecule has 6 nitrogen and oxygen atoms in total. The number of ether oxygens (including phenoxy) is 3. The zero-order valence-electron chi connectivity index (χ0n) is 15.9. The van der Waals surface area contributed by atoms with Gasteiger partial charge in [0, 0.05) is 11.1 Å². The summed E-state index contributed by atoms with van der Waals surface area (Å²) < 4.78 is 19.1. The van der Waals surface area contributed by atoms with E-state index in [0.717, 1.165) is 22.5 Å². The fraction of sp³-hybridized carbons (Fsp3) is 0.318. The molecule has 1 saturated heterocycles. The van der Waals surface area contributed by atoms with Crippen molar-refractivity contribution in [2.75, 3.05) is 26.4 Å². The summed E-state index contributed by atoms with van der Waals surface area (Å²) in [7, 11) is 0. The van der Waals surface area contributed by atoms with Gasteiger partial charge in [-0.15, -0.1) is 0 Å². The minimum atomic E-state index is -0.0196. The summed E-state index contributed by atoms with van der Waals surface area (Å²) in [6.07, 6.45) is 1.82. The van der Waals surface area contributed by atoms with Gasteiger partial charge in [-0.05, 0) is 25.1 Å². The Bertz CT molecular complexity index is 918. The maximum Gasteiger partial charge on any atom is 0.161 e. The number of benzene rings is 2. The van der Waals surface area contributed by atoms with E-state index in [1.807, 2.05) is 55.7 Å². The summed E-state index contributed by atoms with van der Waals surface area (Å²) in [6.45, 7) is 4.82. The first kappa shape index (κ1) is 18.5. The fourth-order valence-electron chi connectivity index (χ4n) is 3.42. The smallest absolute Gasteiger partial charge is 0.161 e. The molecule has 1 atom stereocenters. The summed E-state index contributed by atoms with van der Waals surface area (Å²) >= 11 is 0. The molecule has 0 spiro atoms. The number of hydrogen-bond donors (Lipinski definition) is 1. The Kier molecular flexibility index (Phi) is 5.60. The molecule has 1 aliphatic rings. The first-order chi connectivity index (χ1) is 13.8. The molecule has 1 aromatic heterocycles. The molecule has 28 heavy (non-hydrogen) atoms. The second-order valence-electron chi connectivity index (χ2n) is 6.64. The quantitative estimate of drug-likeness (QED) is 0.706.